The van der Waals surface area contributed by atoms with E-state index < -0.39 is 21.9 Å². The molecule has 164 valence electrons. The number of hydrogen-bond donors (Lipinski definition) is 1. The van der Waals surface area contributed by atoms with Crippen molar-refractivity contribution < 1.29 is 17.2 Å². The number of benzene rings is 2. The number of rotatable bonds is 1. The minimum absolute atomic E-state index is 0. The Hall–Kier alpha value is -1.51. The predicted octanol–water partition coefficient (Wildman–Crippen LogP) is 4.09. The largest absolute Gasteiger partial charge is 0.316 e. The van der Waals surface area contributed by atoms with E-state index in [4.69, 9.17) is 11.6 Å². The van der Waals surface area contributed by atoms with Gasteiger partial charge in [-0.1, -0.05) is 35.9 Å². The first-order valence-corrected chi connectivity index (χ1v) is 11.0. The molecule has 1 saturated heterocycles. The van der Waals surface area contributed by atoms with Crippen molar-refractivity contribution in [1.29, 1.82) is 0 Å². The molecule has 2 aromatic rings. The Kier molecular flexibility index (Phi) is 9.71. The molecule has 0 bridgehead atoms. The van der Waals surface area contributed by atoms with Gasteiger partial charge in [0.05, 0.1) is 0 Å². The van der Waals surface area contributed by atoms with Crippen LogP contribution in [0.25, 0.3) is 0 Å². The van der Waals surface area contributed by atoms with Gasteiger partial charge in [0.2, 0.25) is 10.3 Å². The van der Waals surface area contributed by atoms with Crippen LogP contribution in [-0.2, 0) is 23.3 Å². The van der Waals surface area contributed by atoms with Crippen LogP contribution < -0.4 is 5.32 Å². The van der Waals surface area contributed by atoms with Crippen LogP contribution in [0.1, 0.15) is 24.0 Å². The van der Waals surface area contributed by atoms with Crippen LogP contribution in [0.4, 0.5) is 8.78 Å². The molecule has 2 heterocycles. The van der Waals surface area contributed by atoms with Crippen LogP contribution >= 0.6 is 24.0 Å². The van der Waals surface area contributed by atoms with Crippen molar-refractivity contribution in [3.05, 3.63) is 70.2 Å². The topological polar surface area (TPSA) is 49.4 Å². The summed E-state index contributed by atoms with van der Waals surface area (Å²) >= 11 is 5.31. The zero-order chi connectivity index (χ0) is 20.8. The Balaban J connectivity index is 0.000000272. The Morgan fingerprint density at radius 2 is 1.83 bits per heavy atom. The summed E-state index contributed by atoms with van der Waals surface area (Å²) in [5.74, 6) is -1.66. The summed E-state index contributed by atoms with van der Waals surface area (Å²) in [6, 6.07) is 11.5. The summed E-state index contributed by atoms with van der Waals surface area (Å²) in [5.41, 5.74) is 2.60. The highest BCUT2D eigenvalue weighted by atomic mass is 35.5. The highest BCUT2D eigenvalue weighted by Crippen LogP contribution is 2.22. The number of fused-ring (bicyclic) bond motifs is 1. The lowest BCUT2D eigenvalue weighted by Gasteiger charge is -2.33. The third-order valence-electron chi connectivity index (χ3n) is 5.14. The molecule has 2 aromatic carbocycles. The number of nitrogens with one attached hydrogen (secondary N) is 1. The van der Waals surface area contributed by atoms with Gasteiger partial charge in [-0.25, -0.2) is 8.78 Å². The second-order valence-corrected chi connectivity index (χ2v) is 8.44. The third-order valence-corrected chi connectivity index (χ3v) is 6.31. The lowest BCUT2D eigenvalue weighted by atomic mass is 9.95. The summed E-state index contributed by atoms with van der Waals surface area (Å²) in [6.07, 6.45) is 2.95. The Morgan fingerprint density at radius 1 is 1.10 bits per heavy atom. The molecule has 2 aliphatic rings. The Labute approximate surface area is 188 Å². The SMILES string of the molecule is Cl.Fc1ccc(Cl)cc1F.O=S(=O)=C(C1CCCNC1)N1CCc2ccccc2C1. The molecule has 0 amide bonds. The van der Waals surface area contributed by atoms with E-state index in [-0.39, 0.29) is 23.3 Å². The molecule has 1 atom stereocenters. The van der Waals surface area contributed by atoms with E-state index in [9.17, 15) is 17.2 Å². The molecule has 1 unspecified atom stereocenters. The second-order valence-electron chi connectivity index (χ2n) is 7.11. The molecule has 0 radical (unpaired) electrons. The quantitative estimate of drug-likeness (QED) is 0.497. The van der Waals surface area contributed by atoms with E-state index >= 15 is 0 Å². The van der Waals surface area contributed by atoms with Gasteiger partial charge in [0, 0.05) is 30.6 Å². The molecule has 4 nitrogen and oxygen atoms in total. The molecule has 0 spiro atoms. The number of piperidine rings is 1. The van der Waals surface area contributed by atoms with Gasteiger partial charge in [0.25, 0.3) is 0 Å². The van der Waals surface area contributed by atoms with Crippen molar-refractivity contribution in [1.82, 2.24) is 10.2 Å². The average Bonchev–Trinajstić information content (AvgIpc) is 2.72. The Bertz CT molecular complexity index is 988. The van der Waals surface area contributed by atoms with Gasteiger partial charge in [-0.15, -0.1) is 12.4 Å². The van der Waals surface area contributed by atoms with Crippen LogP contribution in [0.3, 0.4) is 0 Å². The summed E-state index contributed by atoms with van der Waals surface area (Å²) in [4.78, 5) is 2.66. The lowest BCUT2D eigenvalue weighted by Crippen LogP contribution is -2.45. The van der Waals surface area contributed by atoms with E-state index in [1.807, 2.05) is 6.07 Å². The predicted molar refractivity (Wildman–Crippen MR) is 119 cm³/mol. The van der Waals surface area contributed by atoms with Crippen molar-refractivity contribution in [2.45, 2.75) is 25.8 Å². The lowest BCUT2D eigenvalue weighted by molar-refractivity contribution is 0.354. The fourth-order valence-electron chi connectivity index (χ4n) is 3.72. The van der Waals surface area contributed by atoms with Crippen LogP contribution in [0, 0.1) is 17.6 Å². The highest BCUT2D eigenvalue weighted by Gasteiger charge is 2.28. The van der Waals surface area contributed by atoms with Crippen LogP contribution in [0.2, 0.25) is 5.02 Å². The van der Waals surface area contributed by atoms with E-state index in [1.165, 1.54) is 17.2 Å². The van der Waals surface area contributed by atoms with Crippen LogP contribution in [-0.4, -0.2) is 37.9 Å². The number of hydrogen-bond acceptors (Lipinski definition) is 3. The molecule has 4 rings (SSSR count). The second kappa shape index (κ2) is 11.8. The normalized spacial score (nSPS) is 18.3. The minimum atomic E-state index is -2.12. The van der Waals surface area contributed by atoms with E-state index in [1.54, 1.807) is 0 Å². The van der Waals surface area contributed by atoms with Crippen molar-refractivity contribution in [2.24, 2.45) is 5.92 Å². The zero-order valence-electron chi connectivity index (χ0n) is 16.3. The molecule has 0 aliphatic carbocycles. The fraction of sp³-hybridized carbons (Fsp3) is 0.381. The zero-order valence-corrected chi connectivity index (χ0v) is 18.7. The van der Waals surface area contributed by atoms with Gasteiger partial charge in [0.1, 0.15) is 4.99 Å². The van der Waals surface area contributed by atoms with Crippen molar-refractivity contribution >= 4 is 39.3 Å². The van der Waals surface area contributed by atoms with E-state index in [2.05, 4.69) is 28.4 Å². The standard InChI is InChI=1S/C15H20N2O2S.C6H3ClF2.ClH/c18-20(19)15(13-6-3-8-16-10-13)17-9-7-12-4-1-2-5-14(12)11-17;7-4-1-2-5(8)6(9)3-4;/h1-2,4-5,13,16H,3,6-11H2;1-3H;1H. The molecule has 30 heavy (non-hydrogen) atoms. The van der Waals surface area contributed by atoms with E-state index in [0.717, 1.165) is 57.6 Å². The van der Waals surface area contributed by atoms with Crippen molar-refractivity contribution in [3.63, 3.8) is 0 Å². The maximum atomic E-state index is 12.1. The first-order chi connectivity index (χ1) is 14.0. The molecule has 1 fully saturated rings. The van der Waals surface area contributed by atoms with E-state index in [0.29, 0.717) is 4.99 Å². The van der Waals surface area contributed by atoms with Crippen LogP contribution in [0.15, 0.2) is 42.5 Å². The summed E-state index contributed by atoms with van der Waals surface area (Å²) in [6.45, 7) is 3.30. The number of nitrogens with zero attached hydrogens (tertiary/aromatic N) is 1. The molecular formula is C21H24Cl2F2N2O2S. The molecular weight excluding hydrogens is 453 g/mol. The smallest absolute Gasteiger partial charge is 0.228 e. The molecule has 1 N–H and O–H groups in total. The maximum absolute atomic E-state index is 12.1. The van der Waals surface area contributed by atoms with Gasteiger partial charge in [-0.3, -0.25) is 4.90 Å². The summed E-state index contributed by atoms with van der Waals surface area (Å²) < 4.78 is 47.6. The molecule has 0 saturated carbocycles. The third kappa shape index (κ3) is 6.49. The van der Waals surface area contributed by atoms with Gasteiger partial charge >= 0.3 is 0 Å². The van der Waals surface area contributed by atoms with Gasteiger partial charge in [-0.2, -0.15) is 8.42 Å². The van der Waals surface area contributed by atoms with Crippen molar-refractivity contribution in [3.8, 4) is 0 Å². The van der Waals surface area contributed by atoms with Gasteiger partial charge in [-0.05, 0) is 55.1 Å². The van der Waals surface area contributed by atoms with Gasteiger partial charge < -0.3 is 5.32 Å². The molecule has 0 aromatic heterocycles. The first kappa shape index (κ1) is 24.8. The number of halogens is 4. The molecule has 9 heteroatoms. The Morgan fingerprint density at radius 3 is 2.43 bits per heavy atom. The van der Waals surface area contributed by atoms with Crippen LogP contribution in [0.5, 0.6) is 0 Å². The highest BCUT2D eigenvalue weighted by molar-refractivity contribution is 7.72. The fourth-order valence-corrected chi connectivity index (χ4v) is 4.72. The summed E-state index contributed by atoms with van der Waals surface area (Å²) in [5, 5.41) is 3.51. The van der Waals surface area contributed by atoms with Crippen molar-refractivity contribution in [2.75, 3.05) is 19.6 Å². The summed E-state index contributed by atoms with van der Waals surface area (Å²) in [7, 11) is -2.12. The molecule has 2 aliphatic heterocycles. The minimum Gasteiger partial charge on any atom is -0.316 e. The average molecular weight is 477 g/mol. The first-order valence-electron chi connectivity index (χ1n) is 9.55. The monoisotopic (exact) mass is 476 g/mol. The maximum Gasteiger partial charge on any atom is 0.228 e. The van der Waals surface area contributed by atoms with Gasteiger partial charge in [0.15, 0.2) is 11.6 Å².